The van der Waals surface area contributed by atoms with E-state index in [9.17, 15) is 13.2 Å². The van der Waals surface area contributed by atoms with Crippen LogP contribution in [0.5, 0.6) is 0 Å². The minimum absolute atomic E-state index is 0.0877. The first-order chi connectivity index (χ1) is 17.2. The molecule has 1 fully saturated rings. The molecule has 4 rings (SSSR count). The zero-order valence-corrected chi connectivity index (χ0v) is 21.0. The lowest BCUT2D eigenvalue weighted by Crippen LogP contribution is -2.27. The van der Waals surface area contributed by atoms with Gasteiger partial charge in [-0.2, -0.15) is 4.98 Å². The number of aromatic amines is 1. The molecule has 1 saturated heterocycles. The van der Waals surface area contributed by atoms with Crippen molar-refractivity contribution in [3.8, 4) is 0 Å². The summed E-state index contributed by atoms with van der Waals surface area (Å²) in [6.07, 6.45) is 1.42. The fraction of sp³-hybridized carbons (Fsp3) is 0.429. The Balaban J connectivity index is 1.49. The first-order valence-corrected chi connectivity index (χ1v) is 13.6. The first-order valence-electron chi connectivity index (χ1n) is 11.1. The van der Waals surface area contributed by atoms with E-state index in [1.165, 1.54) is 12.7 Å². The van der Waals surface area contributed by atoms with Gasteiger partial charge in [0, 0.05) is 31.3 Å². The van der Waals surface area contributed by atoms with Crippen molar-refractivity contribution in [2.45, 2.75) is 36.7 Å². The molecule has 2 aromatic heterocycles. The molecule has 0 spiro atoms. The molecule has 0 aliphatic carbocycles. The Morgan fingerprint density at radius 1 is 1.43 bits per heavy atom. The predicted molar refractivity (Wildman–Crippen MR) is 131 cm³/mol. The Kier molecular flexibility index (Phi) is 7.15. The van der Waals surface area contributed by atoms with E-state index in [2.05, 4.69) is 25.1 Å². The molecule has 12 nitrogen and oxygen atoms in total. The Hall–Kier alpha value is -2.78. The van der Waals surface area contributed by atoms with Crippen molar-refractivity contribution in [1.82, 2.24) is 24.4 Å². The van der Waals surface area contributed by atoms with Gasteiger partial charge in [0.25, 0.3) is 5.56 Å². The Bertz CT molecular complexity index is 1390. The minimum Gasteiger partial charge on any atom is -0.394 e. The normalized spacial score (nSPS) is 21.1. The van der Waals surface area contributed by atoms with Crippen molar-refractivity contribution in [2.24, 2.45) is 4.99 Å². The molecule has 2 N–H and O–H groups in total. The smallest absolute Gasteiger partial charge is 0.280 e. The highest BCUT2D eigenvalue weighted by Crippen LogP contribution is 2.33. The highest BCUT2D eigenvalue weighted by atomic mass is 33.1. The molecule has 3 heterocycles. The third-order valence-corrected chi connectivity index (χ3v) is 8.47. The zero-order chi connectivity index (χ0) is 25.9. The van der Waals surface area contributed by atoms with Crippen LogP contribution in [-0.2, 0) is 18.3 Å². The molecule has 188 valence electrons. The maximum absolute atomic E-state index is 12.6. The summed E-state index contributed by atoms with van der Waals surface area (Å²) in [6.45, 7) is 1.79. The predicted octanol–water partition coefficient (Wildman–Crippen LogP) is 1.39. The molecule has 3 atom stereocenters. The van der Waals surface area contributed by atoms with E-state index in [0.29, 0.717) is 17.2 Å². The first kappa shape index (κ1) is 23.9. The fourth-order valence-electron chi connectivity index (χ4n) is 3.50. The third kappa shape index (κ3) is 5.73. The van der Waals surface area contributed by atoms with Crippen molar-refractivity contribution >= 4 is 43.1 Å². The van der Waals surface area contributed by atoms with E-state index in [0.717, 1.165) is 5.56 Å². The van der Waals surface area contributed by atoms with Crippen molar-refractivity contribution < 1.29 is 23.0 Å². The summed E-state index contributed by atoms with van der Waals surface area (Å²) >= 11 is 0. The lowest BCUT2D eigenvalue weighted by Gasteiger charge is -2.16. The largest absolute Gasteiger partial charge is 0.394 e. The molecule has 14 heteroatoms. The maximum atomic E-state index is 12.6. The van der Waals surface area contributed by atoms with Crippen LogP contribution in [-0.4, -0.2) is 84.6 Å². The molecule has 1 aromatic carbocycles. The number of aromatic nitrogens is 4. The molecule has 0 amide bonds. The molecule has 1 aliphatic heterocycles. The van der Waals surface area contributed by atoms with Gasteiger partial charge in [-0.05, 0) is 19.1 Å². The molecule has 0 saturated carbocycles. The van der Waals surface area contributed by atoms with E-state index in [1.807, 2.05) is 6.92 Å². The SMILES string of the molecule is [2H]OC[C@H]1O[C@@H](n2cnc3c(=O)[nH]c(N=CN(C)C)nc32)CC1OCSS(=O)(=O)c1ccc(C)cc1. The quantitative estimate of drug-likeness (QED) is 0.173. The standard InChI is InChI=1S/C21H26N6O6S2/c1-13-4-6-14(7-5-13)35(30,31)34-12-32-15-8-17(33-16(15)9-28)27-11-22-18-19(27)24-21(25-20(18)29)23-10-26(2)3/h4-7,10-11,15-17,28H,8-9,12H2,1-3H3,(H,24,25,29)/t15?,16-,17-/m1/s1/i28D. The summed E-state index contributed by atoms with van der Waals surface area (Å²) in [7, 11) is 0.639. The molecule has 0 radical (unpaired) electrons. The van der Waals surface area contributed by atoms with Crippen LogP contribution >= 0.6 is 10.8 Å². The van der Waals surface area contributed by atoms with E-state index in [1.54, 1.807) is 47.8 Å². The summed E-state index contributed by atoms with van der Waals surface area (Å²) in [6, 6.07) is 6.58. The van der Waals surface area contributed by atoms with Gasteiger partial charge < -0.3 is 19.5 Å². The Labute approximate surface area is 206 Å². The number of nitrogens with zero attached hydrogens (tertiary/aromatic N) is 5. The Morgan fingerprint density at radius 2 is 2.20 bits per heavy atom. The van der Waals surface area contributed by atoms with Crippen molar-refractivity contribution in [2.75, 3.05) is 26.6 Å². The van der Waals surface area contributed by atoms with Gasteiger partial charge in [-0.25, -0.2) is 18.4 Å². The molecule has 1 aliphatic rings. The van der Waals surface area contributed by atoms with Crippen molar-refractivity contribution in [1.29, 1.82) is 1.43 Å². The number of benzene rings is 1. The number of aliphatic hydroxyl groups excluding tert-OH is 1. The number of imidazole rings is 1. The van der Waals surface area contributed by atoms with Gasteiger partial charge >= 0.3 is 0 Å². The van der Waals surface area contributed by atoms with E-state index in [4.69, 9.17) is 10.9 Å². The average Bonchev–Trinajstić information content (AvgIpc) is 3.42. The van der Waals surface area contributed by atoms with Gasteiger partial charge in [0.2, 0.25) is 16.2 Å². The van der Waals surface area contributed by atoms with Crippen LogP contribution in [0.2, 0.25) is 0 Å². The van der Waals surface area contributed by atoms with E-state index in [-0.39, 0.29) is 34.6 Å². The number of H-pyrrole nitrogens is 1. The number of aryl methyl sites for hydroxylation is 1. The van der Waals surface area contributed by atoms with Crippen LogP contribution in [0, 0.1) is 6.92 Å². The number of ether oxygens (including phenoxy) is 2. The Morgan fingerprint density at radius 3 is 2.91 bits per heavy atom. The van der Waals surface area contributed by atoms with Gasteiger partial charge in [0.15, 0.2) is 11.2 Å². The summed E-state index contributed by atoms with van der Waals surface area (Å²) < 4.78 is 45.8. The third-order valence-electron chi connectivity index (χ3n) is 5.28. The summed E-state index contributed by atoms with van der Waals surface area (Å²) in [5.74, 6) is -0.0326. The number of hydrogen-bond donors (Lipinski definition) is 2. The molecule has 35 heavy (non-hydrogen) atoms. The second-order valence-electron chi connectivity index (χ2n) is 8.16. The minimum atomic E-state index is -3.60. The topological polar surface area (TPSA) is 152 Å². The van der Waals surface area contributed by atoms with Gasteiger partial charge in [-0.1, -0.05) is 17.7 Å². The second kappa shape index (κ2) is 10.5. The highest BCUT2D eigenvalue weighted by Gasteiger charge is 2.38. The van der Waals surface area contributed by atoms with E-state index >= 15 is 0 Å². The number of aliphatic imine (C=N–C) groups is 1. The number of hydrogen-bond acceptors (Lipinski definition) is 10. The van der Waals surface area contributed by atoms with Gasteiger partial charge in [0.1, 0.15) is 18.3 Å². The number of nitrogens with one attached hydrogen (secondary N) is 1. The number of aliphatic hydroxyl groups is 1. The number of fused-ring (bicyclic) bond motifs is 1. The molecule has 3 aromatic rings. The summed E-state index contributed by atoms with van der Waals surface area (Å²) in [5, 5.41) is 4.53. The van der Waals surface area contributed by atoms with Crippen LogP contribution in [0.3, 0.4) is 0 Å². The summed E-state index contributed by atoms with van der Waals surface area (Å²) in [5.41, 5.74) is 0.916. The van der Waals surface area contributed by atoms with Crippen LogP contribution in [0.25, 0.3) is 11.2 Å². The number of rotatable bonds is 10. The molecular formula is C21H26N6O6S2. The van der Waals surface area contributed by atoms with Crippen molar-refractivity contribution in [3.05, 3.63) is 46.5 Å². The van der Waals surface area contributed by atoms with Crippen LogP contribution < -0.4 is 5.56 Å². The van der Waals surface area contributed by atoms with Crippen LogP contribution in [0.15, 0.2) is 45.3 Å². The van der Waals surface area contributed by atoms with E-state index < -0.39 is 32.9 Å². The van der Waals surface area contributed by atoms with Gasteiger partial charge in [0.05, 0.1) is 30.3 Å². The van der Waals surface area contributed by atoms with Crippen molar-refractivity contribution in [3.63, 3.8) is 0 Å². The molecular weight excluding hydrogens is 496 g/mol. The zero-order valence-electron chi connectivity index (χ0n) is 20.3. The fourth-order valence-corrected chi connectivity index (χ4v) is 5.76. The van der Waals surface area contributed by atoms with Crippen LogP contribution in [0.1, 0.15) is 18.2 Å². The monoisotopic (exact) mass is 523 g/mol. The van der Waals surface area contributed by atoms with Gasteiger partial charge in [-0.15, -0.1) is 0 Å². The average molecular weight is 524 g/mol. The maximum Gasteiger partial charge on any atom is 0.280 e. The van der Waals surface area contributed by atoms with Gasteiger partial charge in [-0.3, -0.25) is 14.3 Å². The lowest BCUT2D eigenvalue weighted by atomic mass is 10.2. The highest BCUT2D eigenvalue weighted by molar-refractivity contribution is 8.72. The summed E-state index contributed by atoms with van der Waals surface area (Å²) in [4.78, 5) is 29.6. The molecule has 1 unspecified atom stereocenters. The lowest BCUT2D eigenvalue weighted by molar-refractivity contribution is -0.0532. The van der Waals surface area contributed by atoms with Crippen LogP contribution in [0.4, 0.5) is 5.95 Å². The second-order valence-corrected chi connectivity index (χ2v) is 12.0. The molecule has 0 bridgehead atoms.